The van der Waals surface area contributed by atoms with Gasteiger partial charge < -0.3 is 14.8 Å². The summed E-state index contributed by atoms with van der Waals surface area (Å²) in [6.45, 7) is 4.84. The van der Waals surface area contributed by atoms with E-state index in [-0.39, 0.29) is 11.8 Å². The van der Waals surface area contributed by atoms with Crippen LogP contribution in [-0.4, -0.2) is 29.4 Å². The second-order valence-electron chi connectivity index (χ2n) is 6.49. The zero-order valence-corrected chi connectivity index (χ0v) is 14.5. The molecule has 24 heavy (non-hydrogen) atoms. The van der Waals surface area contributed by atoms with Crippen molar-refractivity contribution in [3.8, 4) is 11.5 Å². The first-order valence-electron chi connectivity index (χ1n) is 8.12. The Labute approximate surface area is 141 Å². The zero-order valence-electron chi connectivity index (χ0n) is 14.5. The largest absolute Gasteiger partial charge is 0.493 e. The van der Waals surface area contributed by atoms with Crippen LogP contribution in [0.2, 0.25) is 0 Å². The molecule has 1 aromatic carbocycles. The van der Waals surface area contributed by atoms with Crippen molar-refractivity contribution in [2.75, 3.05) is 19.0 Å². The van der Waals surface area contributed by atoms with Crippen molar-refractivity contribution in [3.05, 3.63) is 35.5 Å². The number of nitrogens with zero attached hydrogens (tertiary/aromatic N) is 2. The number of rotatable bonds is 5. The van der Waals surface area contributed by atoms with E-state index >= 15 is 0 Å². The van der Waals surface area contributed by atoms with Gasteiger partial charge in [0.05, 0.1) is 19.9 Å². The van der Waals surface area contributed by atoms with Crippen LogP contribution in [0.25, 0.3) is 0 Å². The Kier molecular flexibility index (Phi) is 4.46. The summed E-state index contributed by atoms with van der Waals surface area (Å²) in [5.74, 6) is 2.57. The molecule has 0 radical (unpaired) electrons. The zero-order chi connectivity index (χ0) is 17.3. The first kappa shape index (κ1) is 16.4. The van der Waals surface area contributed by atoms with Gasteiger partial charge in [0.1, 0.15) is 5.82 Å². The molecule has 2 aromatic rings. The second kappa shape index (κ2) is 6.55. The molecule has 0 saturated heterocycles. The monoisotopic (exact) mass is 329 g/mol. The number of carbonyl (C=O) groups excluding carboxylic acids is 1. The van der Waals surface area contributed by atoms with Gasteiger partial charge in [0, 0.05) is 24.9 Å². The van der Waals surface area contributed by atoms with Crippen LogP contribution in [-0.2, 0) is 11.8 Å². The van der Waals surface area contributed by atoms with Crippen LogP contribution in [0.3, 0.4) is 0 Å². The maximum atomic E-state index is 12.1. The summed E-state index contributed by atoms with van der Waals surface area (Å²) in [6, 6.07) is 5.87. The minimum atomic E-state index is -0.0319. The third kappa shape index (κ3) is 3.09. The van der Waals surface area contributed by atoms with Crippen LogP contribution < -0.4 is 14.8 Å². The van der Waals surface area contributed by atoms with Gasteiger partial charge in [-0.25, -0.2) is 0 Å². The Hall–Kier alpha value is -2.50. The maximum absolute atomic E-state index is 12.1. The quantitative estimate of drug-likeness (QED) is 0.916. The summed E-state index contributed by atoms with van der Waals surface area (Å²) in [7, 11) is 3.45. The summed E-state index contributed by atoms with van der Waals surface area (Å²) < 4.78 is 13.0. The summed E-state index contributed by atoms with van der Waals surface area (Å²) in [5.41, 5.74) is 2.04. The van der Waals surface area contributed by atoms with Crippen molar-refractivity contribution >= 4 is 11.7 Å². The van der Waals surface area contributed by atoms with E-state index in [0.717, 1.165) is 22.7 Å². The topological polar surface area (TPSA) is 65.4 Å². The number of hydrogen-bond donors (Lipinski definition) is 1. The molecular weight excluding hydrogens is 306 g/mol. The summed E-state index contributed by atoms with van der Waals surface area (Å²) in [4.78, 5) is 12.1. The highest BCUT2D eigenvalue weighted by molar-refractivity contribution is 5.94. The van der Waals surface area contributed by atoms with E-state index < -0.39 is 0 Å². The van der Waals surface area contributed by atoms with E-state index in [0.29, 0.717) is 24.7 Å². The number of anilines is 1. The minimum absolute atomic E-state index is 0.00444. The molecule has 1 aromatic heterocycles. The molecule has 1 aliphatic rings. The van der Waals surface area contributed by atoms with Gasteiger partial charge in [0.15, 0.2) is 11.5 Å². The summed E-state index contributed by atoms with van der Waals surface area (Å²) in [5, 5.41) is 7.15. The molecule has 3 rings (SSSR count). The van der Waals surface area contributed by atoms with Crippen LogP contribution in [0.15, 0.2) is 24.4 Å². The van der Waals surface area contributed by atoms with Gasteiger partial charge in [-0.15, -0.1) is 0 Å². The number of methoxy groups -OCH3 is 1. The van der Waals surface area contributed by atoms with Crippen LogP contribution in [0.4, 0.5) is 5.82 Å². The lowest BCUT2D eigenvalue weighted by molar-refractivity contribution is -0.116. The van der Waals surface area contributed by atoms with E-state index in [1.54, 1.807) is 11.8 Å². The van der Waals surface area contributed by atoms with Crippen LogP contribution >= 0.6 is 0 Å². The van der Waals surface area contributed by atoms with Crippen LogP contribution in [0.5, 0.6) is 11.5 Å². The third-order valence-corrected chi connectivity index (χ3v) is 4.15. The van der Waals surface area contributed by atoms with Crippen LogP contribution in [0, 0.1) is 5.92 Å². The number of aryl methyl sites for hydroxylation is 1. The summed E-state index contributed by atoms with van der Waals surface area (Å²) >= 11 is 0. The van der Waals surface area contributed by atoms with E-state index in [2.05, 4.69) is 24.3 Å². The van der Waals surface area contributed by atoms with Crippen LogP contribution in [0.1, 0.15) is 37.3 Å². The molecular formula is C18H23N3O3. The fraction of sp³-hybridized carbons (Fsp3) is 0.444. The maximum Gasteiger partial charge on any atom is 0.226 e. The highest BCUT2D eigenvalue weighted by atomic mass is 16.5. The molecule has 1 N–H and O–H groups in total. The second-order valence-corrected chi connectivity index (χ2v) is 6.49. The predicted octanol–water partition coefficient (Wildman–Crippen LogP) is 2.94. The average molecular weight is 329 g/mol. The van der Waals surface area contributed by atoms with E-state index in [1.165, 1.54) is 0 Å². The molecule has 6 heteroatoms. The molecule has 0 aliphatic carbocycles. The molecule has 0 bridgehead atoms. The fourth-order valence-corrected chi connectivity index (χ4v) is 2.92. The van der Waals surface area contributed by atoms with Crippen molar-refractivity contribution in [2.45, 2.75) is 26.2 Å². The van der Waals surface area contributed by atoms with Crippen molar-refractivity contribution in [3.63, 3.8) is 0 Å². The average Bonchev–Trinajstić information content (AvgIpc) is 2.93. The lowest BCUT2D eigenvalue weighted by atomic mass is 9.87. The molecule has 0 unspecified atom stereocenters. The third-order valence-electron chi connectivity index (χ3n) is 4.15. The highest BCUT2D eigenvalue weighted by Gasteiger charge is 2.29. The minimum Gasteiger partial charge on any atom is -0.493 e. The predicted molar refractivity (Wildman–Crippen MR) is 91.6 cm³/mol. The van der Waals surface area contributed by atoms with Gasteiger partial charge in [0.25, 0.3) is 0 Å². The number of fused-ring (bicyclic) bond motifs is 1. The molecule has 0 spiro atoms. The van der Waals surface area contributed by atoms with Gasteiger partial charge in [0.2, 0.25) is 5.91 Å². The molecule has 1 atom stereocenters. The molecule has 6 nitrogen and oxygen atoms in total. The van der Waals surface area contributed by atoms with E-state index in [9.17, 15) is 4.79 Å². The normalized spacial score (nSPS) is 16.7. The molecule has 0 saturated carbocycles. The van der Waals surface area contributed by atoms with Gasteiger partial charge in [-0.05, 0) is 23.6 Å². The van der Waals surface area contributed by atoms with Crippen molar-refractivity contribution in [1.29, 1.82) is 0 Å². The highest BCUT2D eigenvalue weighted by Crippen LogP contribution is 2.39. The fourth-order valence-electron chi connectivity index (χ4n) is 2.92. The van der Waals surface area contributed by atoms with Crippen molar-refractivity contribution < 1.29 is 14.3 Å². The van der Waals surface area contributed by atoms with E-state index in [4.69, 9.17) is 9.47 Å². The Morgan fingerprint density at radius 3 is 2.88 bits per heavy atom. The number of ether oxygens (including phenoxy) is 2. The summed E-state index contributed by atoms with van der Waals surface area (Å²) in [6.07, 6.45) is 2.21. The van der Waals surface area contributed by atoms with E-state index in [1.807, 2.05) is 31.4 Å². The number of aromatic nitrogens is 2. The Bertz CT molecular complexity index is 752. The van der Waals surface area contributed by atoms with Crippen molar-refractivity contribution in [1.82, 2.24) is 9.78 Å². The SMILES string of the molecule is COc1cc([C@H]2CC(=O)Nc3c2cnn3C)ccc1OCC(C)C. The smallest absolute Gasteiger partial charge is 0.226 e. The van der Waals surface area contributed by atoms with Crippen molar-refractivity contribution in [2.24, 2.45) is 13.0 Å². The van der Waals surface area contributed by atoms with Gasteiger partial charge in [-0.2, -0.15) is 5.10 Å². The number of benzene rings is 1. The first-order chi connectivity index (χ1) is 11.5. The first-order valence-corrected chi connectivity index (χ1v) is 8.12. The standard InChI is InChI=1S/C18H23N3O3/c1-11(2)10-24-15-6-5-12(7-16(15)23-4)13-8-17(22)20-18-14(13)9-19-21(18)3/h5-7,9,11,13H,8,10H2,1-4H3,(H,20,22)/t13-/m1/s1. The molecule has 1 amide bonds. The molecule has 0 fully saturated rings. The number of amides is 1. The lowest BCUT2D eigenvalue weighted by Crippen LogP contribution is -2.24. The Morgan fingerprint density at radius 1 is 1.38 bits per heavy atom. The molecule has 1 aliphatic heterocycles. The number of hydrogen-bond acceptors (Lipinski definition) is 4. The number of nitrogens with one attached hydrogen (secondary N) is 1. The number of carbonyl (C=O) groups is 1. The van der Waals surface area contributed by atoms with Gasteiger partial charge in [-0.3, -0.25) is 9.48 Å². The Morgan fingerprint density at radius 2 is 2.17 bits per heavy atom. The molecule has 2 heterocycles. The van der Waals surface area contributed by atoms with Gasteiger partial charge >= 0.3 is 0 Å². The lowest BCUT2D eigenvalue weighted by Gasteiger charge is -2.24. The Balaban J connectivity index is 1.93. The molecule has 128 valence electrons. The van der Waals surface area contributed by atoms with Gasteiger partial charge in [-0.1, -0.05) is 19.9 Å².